The highest BCUT2D eigenvalue weighted by Crippen LogP contribution is 2.29. The van der Waals surface area contributed by atoms with Gasteiger partial charge >= 0.3 is 6.03 Å². The van der Waals surface area contributed by atoms with Crippen molar-refractivity contribution >= 4 is 28.7 Å². The number of hydrogen-bond donors (Lipinski definition) is 2. The van der Waals surface area contributed by atoms with Crippen molar-refractivity contribution in [3.8, 4) is 0 Å². The number of nitrogens with zero attached hydrogens (tertiary/aromatic N) is 1. The Morgan fingerprint density at radius 2 is 1.53 bits per heavy atom. The van der Waals surface area contributed by atoms with Crippen LogP contribution in [0.15, 0.2) is 85.4 Å². The summed E-state index contributed by atoms with van der Waals surface area (Å²) in [7, 11) is 0. The molecule has 0 spiro atoms. The molecule has 4 heteroatoms. The summed E-state index contributed by atoms with van der Waals surface area (Å²) in [5, 5.41) is 6.03. The van der Waals surface area contributed by atoms with E-state index in [1.807, 2.05) is 81.4 Å². The van der Waals surface area contributed by atoms with E-state index in [0.717, 1.165) is 33.8 Å². The van der Waals surface area contributed by atoms with Crippen LogP contribution in [0.3, 0.4) is 0 Å². The molecule has 2 N–H and O–H groups in total. The van der Waals surface area contributed by atoms with Gasteiger partial charge < -0.3 is 15.5 Å². The second-order valence-electron chi connectivity index (χ2n) is 8.91. The fraction of sp³-hybridized carbons (Fsp3) is 0.250. The molecular weight excluding hydrogens is 394 g/mol. The molecule has 0 saturated heterocycles. The van der Waals surface area contributed by atoms with E-state index in [4.69, 9.17) is 0 Å². The van der Waals surface area contributed by atoms with E-state index in [9.17, 15) is 4.79 Å². The minimum Gasteiger partial charge on any atom is -0.339 e. The van der Waals surface area contributed by atoms with Gasteiger partial charge in [0, 0.05) is 23.1 Å². The van der Waals surface area contributed by atoms with Gasteiger partial charge in [-0.15, -0.1) is 0 Å². The third kappa shape index (κ3) is 5.58. The zero-order chi connectivity index (χ0) is 23.3. The maximum absolute atomic E-state index is 12.7. The molecule has 0 heterocycles. The fourth-order valence-electron chi connectivity index (χ4n) is 3.73. The molecule has 0 bridgehead atoms. The predicted molar refractivity (Wildman–Crippen MR) is 136 cm³/mol. The minimum absolute atomic E-state index is 0.243. The van der Waals surface area contributed by atoms with Crippen LogP contribution in [-0.4, -0.2) is 12.1 Å². The third-order valence-corrected chi connectivity index (χ3v) is 5.46. The molecule has 0 saturated carbocycles. The van der Waals surface area contributed by atoms with E-state index in [-0.39, 0.29) is 6.03 Å². The van der Waals surface area contributed by atoms with Gasteiger partial charge in [-0.1, -0.05) is 48.6 Å². The van der Waals surface area contributed by atoms with Gasteiger partial charge in [0.15, 0.2) is 0 Å². The Bertz CT molecular complexity index is 1070. The SMILES string of the molecule is C=C(C)c1cccc(C(C)(C)NC(=O)Nc2ccc(N(c3ccccc3)C(C)C)cc2)c1. The maximum Gasteiger partial charge on any atom is 0.319 e. The average molecular weight is 428 g/mol. The standard InChI is InChI=1S/C28H33N3O/c1-20(2)22-11-10-12-23(19-22)28(5,6)30-27(32)29-24-15-17-26(18-16-24)31(21(3)4)25-13-8-7-9-14-25/h7-19,21H,1H2,2-6H3,(H2,29,30,32). The smallest absolute Gasteiger partial charge is 0.319 e. The Morgan fingerprint density at radius 1 is 0.906 bits per heavy atom. The van der Waals surface area contributed by atoms with Crippen molar-refractivity contribution in [2.45, 2.75) is 46.2 Å². The summed E-state index contributed by atoms with van der Waals surface area (Å²) in [4.78, 5) is 15.0. The second kappa shape index (κ2) is 9.73. The summed E-state index contributed by atoms with van der Waals surface area (Å²) in [6.45, 7) is 14.3. The van der Waals surface area contributed by atoms with Gasteiger partial charge in [0.05, 0.1) is 5.54 Å². The highest BCUT2D eigenvalue weighted by Gasteiger charge is 2.23. The van der Waals surface area contributed by atoms with Crippen LogP contribution >= 0.6 is 0 Å². The molecule has 0 aliphatic heterocycles. The number of carbonyl (C=O) groups excluding carboxylic acids is 1. The largest absolute Gasteiger partial charge is 0.339 e. The number of hydrogen-bond acceptors (Lipinski definition) is 2. The number of urea groups is 1. The van der Waals surface area contributed by atoms with Crippen LogP contribution in [0.2, 0.25) is 0 Å². The molecule has 166 valence electrons. The van der Waals surface area contributed by atoms with Crippen molar-refractivity contribution in [2.75, 3.05) is 10.2 Å². The van der Waals surface area contributed by atoms with E-state index in [2.05, 4.69) is 54.2 Å². The Balaban J connectivity index is 1.70. The molecule has 0 aliphatic carbocycles. The molecule has 0 atom stereocenters. The molecule has 3 aromatic rings. The Morgan fingerprint density at radius 3 is 2.12 bits per heavy atom. The number of nitrogens with one attached hydrogen (secondary N) is 2. The molecule has 0 radical (unpaired) electrons. The Hall–Kier alpha value is -3.53. The lowest BCUT2D eigenvalue weighted by atomic mass is 9.92. The van der Waals surface area contributed by atoms with Gasteiger partial charge in [0.25, 0.3) is 0 Å². The third-order valence-electron chi connectivity index (χ3n) is 5.46. The van der Waals surface area contributed by atoms with Gasteiger partial charge in [-0.25, -0.2) is 4.79 Å². The normalized spacial score (nSPS) is 11.2. The molecule has 4 nitrogen and oxygen atoms in total. The number of anilines is 3. The topological polar surface area (TPSA) is 44.4 Å². The summed E-state index contributed by atoms with van der Waals surface area (Å²) in [5.41, 5.74) is 5.53. The van der Waals surface area contributed by atoms with Crippen LogP contribution in [0.4, 0.5) is 21.9 Å². The molecule has 0 unspecified atom stereocenters. The van der Waals surface area contributed by atoms with Gasteiger partial charge in [-0.2, -0.15) is 0 Å². The number of allylic oxidation sites excluding steroid dienone is 1. The number of benzene rings is 3. The fourth-order valence-corrected chi connectivity index (χ4v) is 3.73. The van der Waals surface area contributed by atoms with Crippen molar-refractivity contribution in [2.24, 2.45) is 0 Å². The van der Waals surface area contributed by atoms with Crippen LogP contribution in [0.5, 0.6) is 0 Å². The van der Waals surface area contributed by atoms with Gasteiger partial charge in [-0.3, -0.25) is 0 Å². The summed E-state index contributed by atoms with van der Waals surface area (Å²) in [6.07, 6.45) is 0. The van der Waals surface area contributed by atoms with Crippen LogP contribution in [-0.2, 0) is 5.54 Å². The molecule has 2 amide bonds. The van der Waals surface area contributed by atoms with Crippen molar-refractivity contribution in [1.29, 1.82) is 0 Å². The maximum atomic E-state index is 12.7. The minimum atomic E-state index is -0.531. The number of para-hydroxylation sites is 1. The van der Waals surface area contributed by atoms with Crippen molar-refractivity contribution in [3.05, 3.63) is 96.6 Å². The van der Waals surface area contributed by atoms with Crippen LogP contribution in [0, 0.1) is 0 Å². The molecule has 0 aromatic heterocycles. The second-order valence-corrected chi connectivity index (χ2v) is 8.91. The highest BCUT2D eigenvalue weighted by molar-refractivity contribution is 5.90. The molecule has 3 rings (SSSR count). The van der Waals surface area contributed by atoms with Gasteiger partial charge in [0.1, 0.15) is 0 Å². The number of amides is 2. The van der Waals surface area contributed by atoms with Gasteiger partial charge in [-0.05, 0) is 88.2 Å². The van der Waals surface area contributed by atoms with Gasteiger partial charge in [0.2, 0.25) is 0 Å². The quantitative estimate of drug-likeness (QED) is 0.415. The van der Waals surface area contributed by atoms with E-state index in [1.54, 1.807) is 0 Å². The Kier molecular flexibility index (Phi) is 7.04. The molecule has 0 aliphatic rings. The molecular formula is C28H33N3O. The summed E-state index contributed by atoms with van der Waals surface area (Å²) < 4.78 is 0. The lowest BCUT2D eigenvalue weighted by Crippen LogP contribution is -2.43. The van der Waals surface area contributed by atoms with E-state index >= 15 is 0 Å². The number of carbonyl (C=O) groups is 1. The zero-order valence-electron chi connectivity index (χ0n) is 19.6. The molecule has 32 heavy (non-hydrogen) atoms. The van der Waals surface area contributed by atoms with Crippen LogP contribution in [0.25, 0.3) is 5.57 Å². The molecule has 3 aromatic carbocycles. The zero-order valence-corrected chi connectivity index (χ0v) is 19.6. The van der Waals surface area contributed by atoms with Crippen LogP contribution in [0.1, 0.15) is 45.7 Å². The monoisotopic (exact) mass is 427 g/mol. The first-order valence-electron chi connectivity index (χ1n) is 11.0. The lowest BCUT2D eigenvalue weighted by Gasteiger charge is -2.29. The van der Waals surface area contributed by atoms with Crippen molar-refractivity contribution in [1.82, 2.24) is 5.32 Å². The first kappa shape index (κ1) is 23.1. The molecule has 0 fully saturated rings. The predicted octanol–water partition coefficient (Wildman–Crippen LogP) is 7.32. The van der Waals surface area contributed by atoms with Crippen molar-refractivity contribution in [3.63, 3.8) is 0 Å². The Labute approximate surface area is 192 Å². The lowest BCUT2D eigenvalue weighted by molar-refractivity contribution is 0.242. The first-order valence-corrected chi connectivity index (χ1v) is 11.0. The van der Waals surface area contributed by atoms with E-state index < -0.39 is 5.54 Å². The van der Waals surface area contributed by atoms with E-state index in [0.29, 0.717) is 6.04 Å². The summed E-state index contributed by atoms with van der Waals surface area (Å²) in [6, 6.07) is 26.4. The van der Waals surface area contributed by atoms with Crippen molar-refractivity contribution < 1.29 is 4.79 Å². The first-order chi connectivity index (χ1) is 15.2. The summed E-state index contributed by atoms with van der Waals surface area (Å²) >= 11 is 0. The number of rotatable bonds is 7. The average Bonchev–Trinajstić information content (AvgIpc) is 2.75. The summed E-state index contributed by atoms with van der Waals surface area (Å²) in [5.74, 6) is 0. The van der Waals surface area contributed by atoms with E-state index in [1.165, 1.54) is 0 Å². The van der Waals surface area contributed by atoms with Crippen LogP contribution < -0.4 is 15.5 Å². The highest BCUT2D eigenvalue weighted by atomic mass is 16.2.